The van der Waals surface area contributed by atoms with Gasteiger partial charge in [-0.15, -0.1) is 0 Å². The number of hydrogen-bond acceptors (Lipinski definition) is 3. The zero-order valence-electron chi connectivity index (χ0n) is 6.89. The Labute approximate surface area is 75.4 Å². The Balaban J connectivity index is 3.11. The van der Waals surface area contributed by atoms with Gasteiger partial charge >= 0.3 is 6.09 Å². The maximum atomic E-state index is 9.97. The zero-order valence-corrected chi connectivity index (χ0v) is 7.70. The van der Waals surface area contributed by atoms with E-state index in [1.54, 1.807) is 0 Å². The number of amides is 1. The summed E-state index contributed by atoms with van der Waals surface area (Å²) in [7, 11) is 0. The maximum Gasteiger partial charge on any atom is 0.404 e. The summed E-state index contributed by atoms with van der Waals surface area (Å²) in [6.07, 6.45) is 1.50. The minimum Gasteiger partial charge on any atom is -0.465 e. The fraction of sp³-hybridized carbons (Fsp3) is 0.667. The number of thioether (sulfide) groups is 1. The molecule has 0 spiro atoms. The molecule has 0 saturated heterocycles. The Morgan fingerprint density at radius 2 is 2.08 bits per heavy atom. The summed E-state index contributed by atoms with van der Waals surface area (Å²) in [5.41, 5.74) is 0. The van der Waals surface area contributed by atoms with Gasteiger partial charge in [0, 0.05) is 13.1 Å². The van der Waals surface area contributed by atoms with E-state index in [0.717, 1.165) is 0 Å². The summed E-state index contributed by atoms with van der Waals surface area (Å²) in [5.74, 6) is 0. The van der Waals surface area contributed by atoms with Gasteiger partial charge in [-0.2, -0.15) is 0 Å². The summed E-state index contributed by atoms with van der Waals surface area (Å²) >= 11 is 1.32. The number of carbonyl (C=O) groups is 1. The lowest BCUT2D eigenvalue weighted by Gasteiger charge is -2.04. The lowest BCUT2D eigenvalue weighted by Crippen LogP contribution is -2.27. The topological polar surface area (TPSA) is 85.2 Å². The monoisotopic (exact) mass is 191 g/mol. The van der Waals surface area contributed by atoms with Crippen LogP contribution in [0.15, 0.2) is 0 Å². The Morgan fingerprint density at radius 1 is 1.50 bits per heavy atom. The Hall–Kier alpha value is -0.910. The fourth-order valence-corrected chi connectivity index (χ4v) is 0.804. The van der Waals surface area contributed by atoms with Gasteiger partial charge in [-0.05, 0) is 12.7 Å². The fourth-order valence-electron chi connectivity index (χ4n) is 0.558. The van der Waals surface area contributed by atoms with Gasteiger partial charge in [-0.25, -0.2) is 4.79 Å². The highest BCUT2D eigenvalue weighted by molar-refractivity contribution is 8.13. The summed E-state index contributed by atoms with van der Waals surface area (Å²) in [5, 5.41) is 20.8. The second-order valence-electron chi connectivity index (χ2n) is 2.05. The zero-order chi connectivity index (χ0) is 9.40. The summed E-state index contributed by atoms with van der Waals surface area (Å²) in [4.78, 5) is 9.97. The molecule has 0 heterocycles. The smallest absolute Gasteiger partial charge is 0.404 e. The molecule has 0 aromatic carbocycles. The molecule has 0 saturated carbocycles. The molecule has 0 bridgehead atoms. The summed E-state index contributed by atoms with van der Waals surface area (Å²) < 4.78 is 0. The molecule has 0 aromatic rings. The van der Waals surface area contributed by atoms with E-state index in [1.807, 2.05) is 6.26 Å². The lowest BCUT2D eigenvalue weighted by atomic mass is 10.4. The molecular formula is C6H13N3O2S. The SMILES string of the molecule is CSC(=N)NCCCNC(=O)O. The van der Waals surface area contributed by atoms with Crippen molar-refractivity contribution >= 4 is 23.0 Å². The van der Waals surface area contributed by atoms with E-state index in [0.29, 0.717) is 24.7 Å². The van der Waals surface area contributed by atoms with Crippen LogP contribution in [0.3, 0.4) is 0 Å². The average Bonchev–Trinajstić information content (AvgIpc) is 2.03. The molecule has 0 aliphatic heterocycles. The highest BCUT2D eigenvalue weighted by atomic mass is 32.2. The van der Waals surface area contributed by atoms with Crippen LogP contribution in [-0.4, -0.2) is 35.7 Å². The molecule has 4 N–H and O–H groups in total. The van der Waals surface area contributed by atoms with Crippen molar-refractivity contribution in [1.82, 2.24) is 10.6 Å². The van der Waals surface area contributed by atoms with E-state index in [2.05, 4.69) is 10.6 Å². The molecule has 0 fully saturated rings. The van der Waals surface area contributed by atoms with Gasteiger partial charge in [-0.1, -0.05) is 11.8 Å². The van der Waals surface area contributed by atoms with E-state index < -0.39 is 6.09 Å². The van der Waals surface area contributed by atoms with Crippen LogP contribution in [0.2, 0.25) is 0 Å². The molecule has 0 aromatic heterocycles. The van der Waals surface area contributed by atoms with Crippen molar-refractivity contribution in [3.05, 3.63) is 0 Å². The number of hydrogen-bond donors (Lipinski definition) is 4. The molecule has 0 radical (unpaired) electrons. The van der Waals surface area contributed by atoms with Crippen LogP contribution in [0.25, 0.3) is 0 Å². The standard InChI is InChI=1S/C6H13N3O2S/c1-12-5(7)8-3-2-4-9-6(10)11/h9H,2-4H2,1H3,(H2,7,8)(H,10,11). The minimum atomic E-state index is -1.00. The first-order valence-electron chi connectivity index (χ1n) is 3.50. The van der Waals surface area contributed by atoms with Crippen molar-refractivity contribution in [3.63, 3.8) is 0 Å². The normalized spacial score (nSPS) is 9.08. The number of rotatable bonds is 4. The third kappa shape index (κ3) is 7.20. The molecule has 0 rings (SSSR count). The first kappa shape index (κ1) is 11.1. The van der Waals surface area contributed by atoms with E-state index in [4.69, 9.17) is 10.5 Å². The van der Waals surface area contributed by atoms with E-state index in [1.165, 1.54) is 11.8 Å². The van der Waals surface area contributed by atoms with Crippen molar-refractivity contribution in [2.24, 2.45) is 0 Å². The first-order valence-corrected chi connectivity index (χ1v) is 4.72. The van der Waals surface area contributed by atoms with Gasteiger partial charge in [0.15, 0.2) is 5.17 Å². The quantitative estimate of drug-likeness (QED) is 0.297. The van der Waals surface area contributed by atoms with Crippen LogP contribution in [0.5, 0.6) is 0 Å². The van der Waals surface area contributed by atoms with Crippen LogP contribution in [-0.2, 0) is 0 Å². The minimum absolute atomic E-state index is 0.408. The maximum absolute atomic E-state index is 9.97. The van der Waals surface area contributed by atoms with Crippen LogP contribution >= 0.6 is 11.8 Å². The van der Waals surface area contributed by atoms with Crippen molar-refractivity contribution in [2.75, 3.05) is 19.3 Å². The molecular weight excluding hydrogens is 178 g/mol. The molecule has 5 nitrogen and oxygen atoms in total. The van der Waals surface area contributed by atoms with E-state index >= 15 is 0 Å². The Kier molecular flexibility index (Phi) is 6.26. The van der Waals surface area contributed by atoms with Crippen molar-refractivity contribution in [1.29, 1.82) is 5.41 Å². The molecule has 70 valence electrons. The predicted octanol–water partition coefficient (Wildman–Crippen LogP) is 0.531. The van der Waals surface area contributed by atoms with Gasteiger partial charge < -0.3 is 15.7 Å². The molecule has 0 unspecified atom stereocenters. The highest BCUT2D eigenvalue weighted by Crippen LogP contribution is 1.89. The molecule has 0 atom stereocenters. The molecule has 12 heavy (non-hydrogen) atoms. The number of amidine groups is 1. The van der Waals surface area contributed by atoms with E-state index in [-0.39, 0.29) is 0 Å². The molecule has 6 heteroatoms. The first-order chi connectivity index (χ1) is 5.66. The molecule has 0 aliphatic carbocycles. The van der Waals surface area contributed by atoms with Crippen LogP contribution in [0, 0.1) is 5.41 Å². The second kappa shape index (κ2) is 6.78. The summed E-state index contributed by atoms with van der Waals surface area (Å²) in [6.45, 7) is 1.05. The highest BCUT2D eigenvalue weighted by Gasteiger charge is 1.94. The average molecular weight is 191 g/mol. The van der Waals surface area contributed by atoms with Crippen molar-refractivity contribution < 1.29 is 9.90 Å². The lowest BCUT2D eigenvalue weighted by molar-refractivity contribution is 0.194. The van der Waals surface area contributed by atoms with Crippen molar-refractivity contribution in [2.45, 2.75) is 6.42 Å². The van der Waals surface area contributed by atoms with Gasteiger partial charge in [0.25, 0.3) is 0 Å². The Morgan fingerprint density at radius 3 is 2.58 bits per heavy atom. The van der Waals surface area contributed by atoms with Crippen LogP contribution in [0.1, 0.15) is 6.42 Å². The van der Waals surface area contributed by atoms with Gasteiger partial charge in [0.2, 0.25) is 0 Å². The molecule has 1 amide bonds. The van der Waals surface area contributed by atoms with Gasteiger partial charge in [-0.3, -0.25) is 5.41 Å². The molecule has 0 aliphatic rings. The van der Waals surface area contributed by atoms with Crippen LogP contribution in [0.4, 0.5) is 4.79 Å². The van der Waals surface area contributed by atoms with Crippen molar-refractivity contribution in [3.8, 4) is 0 Å². The second-order valence-corrected chi connectivity index (χ2v) is 2.86. The largest absolute Gasteiger partial charge is 0.465 e. The number of carboxylic acid groups (broad SMARTS) is 1. The van der Waals surface area contributed by atoms with Crippen LogP contribution < -0.4 is 10.6 Å². The van der Waals surface area contributed by atoms with E-state index in [9.17, 15) is 4.79 Å². The predicted molar refractivity (Wildman–Crippen MR) is 49.9 cm³/mol. The number of nitrogens with one attached hydrogen (secondary N) is 3. The third-order valence-corrected chi connectivity index (χ3v) is 1.67. The Bertz CT molecular complexity index is 163. The van der Waals surface area contributed by atoms with Gasteiger partial charge in [0.05, 0.1) is 0 Å². The third-order valence-electron chi connectivity index (χ3n) is 1.12. The summed E-state index contributed by atoms with van der Waals surface area (Å²) in [6, 6.07) is 0. The van der Waals surface area contributed by atoms with Gasteiger partial charge in [0.1, 0.15) is 0 Å².